The Labute approximate surface area is 156 Å². The van der Waals surface area contributed by atoms with Gasteiger partial charge in [0.2, 0.25) is 17.6 Å². The van der Waals surface area contributed by atoms with Gasteiger partial charge in [-0.2, -0.15) is 4.98 Å². The maximum Gasteiger partial charge on any atom is 0.237 e. The molecule has 10 heteroatoms. The van der Waals surface area contributed by atoms with E-state index in [1.807, 2.05) is 0 Å². The SMILES string of the molecule is CN(C)N(C(=O)CCc1nc(-c2ccc(F)cc2)no1)[C@@H]1CCS(=O)(=O)C1. The van der Waals surface area contributed by atoms with Crippen LogP contribution < -0.4 is 0 Å². The Morgan fingerprint density at radius 2 is 2.00 bits per heavy atom. The second-order valence-corrected chi connectivity index (χ2v) is 8.89. The fourth-order valence-corrected chi connectivity index (χ4v) is 4.81. The highest BCUT2D eigenvalue weighted by Gasteiger charge is 2.35. The first kappa shape index (κ1) is 19.4. The Morgan fingerprint density at radius 1 is 1.30 bits per heavy atom. The Hall–Kier alpha value is -2.33. The molecule has 8 nitrogen and oxygen atoms in total. The van der Waals surface area contributed by atoms with E-state index in [1.54, 1.807) is 31.2 Å². The van der Waals surface area contributed by atoms with Crippen LogP contribution in [0.4, 0.5) is 4.39 Å². The van der Waals surface area contributed by atoms with Gasteiger partial charge < -0.3 is 4.52 Å². The van der Waals surface area contributed by atoms with Crippen molar-refractivity contribution in [3.63, 3.8) is 0 Å². The van der Waals surface area contributed by atoms with Crippen LogP contribution in [0.5, 0.6) is 0 Å². The van der Waals surface area contributed by atoms with E-state index in [-0.39, 0.29) is 42.1 Å². The minimum absolute atomic E-state index is 0.0216. The Morgan fingerprint density at radius 3 is 2.59 bits per heavy atom. The third-order valence-corrected chi connectivity index (χ3v) is 6.11. The lowest BCUT2D eigenvalue weighted by Gasteiger charge is -2.33. The number of hydrogen-bond donors (Lipinski definition) is 0. The zero-order valence-electron chi connectivity index (χ0n) is 15.1. The monoisotopic (exact) mass is 396 g/mol. The van der Waals surface area contributed by atoms with Gasteiger partial charge in [-0.1, -0.05) is 5.16 Å². The number of benzene rings is 1. The number of nitrogens with zero attached hydrogens (tertiary/aromatic N) is 4. The molecule has 1 aliphatic rings. The second kappa shape index (κ2) is 7.73. The van der Waals surface area contributed by atoms with Crippen LogP contribution in [0.25, 0.3) is 11.4 Å². The van der Waals surface area contributed by atoms with Gasteiger partial charge in [0, 0.05) is 32.5 Å². The van der Waals surface area contributed by atoms with E-state index in [0.717, 1.165) is 0 Å². The summed E-state index contributed by atoms with van der Waals surface area (Å²) < 4.78 is 41.6. The van der Waals surface area contributed by atoms with E-state index in [0.29, 0.717) is 23.7 Å². The summed E-state index contributed by atoms with van der Waals surface area (Å²) in [5.74, 6) is 0.130. The number of carbonyl (C=O) groups is 1. The van der Waals surface area contributed by atoms with E-state index >= 15 is 0 Å². The minimum Gasteiger partial charge on any atom is -0.339 e. The maximum atomic E-state index is 13.0. The van der Waals surface area contributed by atoms with Gasteiger partial charge in [-0.05, 0) is 30.7 Å². The molecule has 0 unspecified atom stereocenters. The summed E-state index contributed by atoms with van der Waals surface area (Å²) in [6.07, 6.45) is 0.776. The molecule has 3 rings (SSSR count). The largest absolute Gasteiger partial charge is 0.339 e. The molecule has 0 aliphatic carbocycles. The highest BCUT2D eigenvalue weighted by Crippen LogP contribution is 2.20. The molecule has 1 amide bonds. The summed E-state index contributed by atoms with van der Waals surface area (Å²) in [5, 5.41) is 6.95. The van der Waals surface area contributed by atoms with E-state index in [2.05, 4.69) is 10.1 Å². The molecule has 1 aromatic carbocycles. The Kier molecular flexibility index (Phi) is 5.56. The van der Waals surface area contributed by atoms with Crippen LogP contribution >= 0.6 is 0 Å². The molecule has 0 bridgehead atoms. The molecule has 0 radical (unpaired) electrons. The van der Waals surface area contributed by atoms with Gasteiger partial charge in [0.15, 0.2) is 9.84 Å². The van der Waals surface area contributed by atoms with Crippen LogP contribution in [0.3, 0.4) is 0 Å². The lowest BCUT2D eigenvalue weighted by atomic mass is 10.2. The number of aromatic nitrogens is 2. The summed E-state index contributed by atoms with van der Waals surface area (Å²) in [5.41, 5.74) is 0.615. The first-order valence-corrected chi connectivity index (χ1v) is 10.4. The summed E-state index contributed by atoms with van der Waals surface area (Å²) in [4.78, 5) is 16.9. The zero-order valence-corrected chi connectivity index (χ0v) is 15.9. The van der Waals surface area contributed by atoms with Crippen LogP contribution in [0.1, 0.15) is 18.7 Å². The molecule has 1 atom stereocenters. The standard InChI is InChI=1S/C17H21FN4O4S/c1-21(2)22(14-9-10-27(24,25)11-14)16(23)8-7-15-19-17(20-26-15)12-3-5-13(18)6-4-12/h3-6,14H,7-11H2,1-2H3/t14-/m1/s1. The molecule has 0 N–H and O–H groups in total. The van der Waals surface area contributed by atoms with Crippen LogP contribution in [0.2, 0.25) is 0 Å². The predicted octanol–water partition coefficient (Wildman–Crippen LogP) is 1.30. The number of halogens is 1. The number of carbonyl (C=O) groups excluding carboxylic acids is 1. The number of rotatable bonds is 6. The van der Waals surface area contributed by atoms with Crippen molar-refractivity contribution < 1.29 is 22.1 Å². The van der Waals surface area contributed by atoms with Crippen LogP contribution in [-0.2, 0) is 21.1 Å². The normalized spacial score (nSPS) is 18.7. The fourth-order valence-electron chi connectivity index (χ4n) is 3.12. The molecule has 1 aliphatic heterocycles. The summed E-state index contributed by atoms with van der Waals surface area (Å²) in [7, 11) is 0.328. The van der Waals surface area contributed by atoms with Crippen molar-refractivity contribution in [1.29, 1.82) is 0 Å². The van der Waals surface area contributed by atoms with Gasteiger partial charge in [-0.25, -0.2) is 17.8 Å². The van der Waals surface area contributed by atoms with E-state index in [4.69, 9.17) is 4.52 Å². The lowest BCUT2D eigenvalue weighted by Crippen LogP contribution is -2.49. The van der Waals surface area contributed by atoms with Gasteiger partial charge in [-0.3, -0.25) is 9.80 Å². The molecule has 27 heavy (non-hydrogen) atoms. The van der Waals surface area contributed by atoms with Crippen molar-refractivity contribution in [2.24, 2.45) is 0 Å². The lowest BCUT2D eigenvalue weighted by molar-refractivity contribution is -0.149. The third kappa shape index (κ3) is 4.69. The van der Waals surface area contributed by atoms with Gasteiger partial charge in [0.25, 0.3) is 0 Å². The van der Waals surface area contributed by atoms with E-state index < -0.39 is 9.84 Å². The van der Waals surface area contributed by atoms with Crippen molar-refractivity contribution in [1.82, 2.24) is 20.2 Å². The molecule has 0 spiro atoms. The molecule has 1 saturated heterocycles. The topological polar surface area (TPSA) is 96.6 Å². The molecule has 0 saturated carbocycles. The van der Waals surface area contributed by atoms with Crippen molar-refractivity contribution >= 4 is 15.7 Å². The first-order chi connectivity index (χ1) is 12.7. The fraction of sp³-hybridized carbons (Fsp3) is 0.471. The van der Waals surface area contributed by atoms with Crippen LogP contribution in [0, 0.1) is 5.82 Å². The summed E-state index contributed by atoms with van der Waals surface area (Å²) in [6, 6.07) is 5.35. The van der Waals surface area contributed by atoms with Gasteiger partial charge in [0.1, 0.15) is 5.82 Å². The molecule has 146 valence electrons. The van der Waals surface area contributed by atoms with E-state index in [1.165, 1.54) is 17.1 Å². The van der Waals surface area contributed by atoms with Crippen molar-refractivity contribution in [2.75, 3.05) is 25.6 Å². The number of sulfone groups is 1. The average Bonchev–Trinajstić information content (AvgIpc) is 3.20. The quantitative estimate of drug-likeness (QED) is 0.679. The number of aryl methyl sites for hydroxylation is 1. The number of hydrogen-bond acceptors (Lipinski definition) is 7. The Bertz CT molecular complexity index is 911. The summed E-state index contributed by atoms with van der Waals surface area (Å²) >= 11 is 0. The first-order valence-electron chi connectivity index (χ1n) is 8.53. The molecule has 2 heterocycles. The zero-order chi connectivity index (χ0) is 19.6. The van der Waals surface area contributed by atoms with Gasteiger partial charge >= 0.3 is 0 Å². The van der Waals surface area contributed by atoms with Crippen molar-refractivity contribution in [3.05, 3.63) is 36.0 Å². The molecular weight excluding hydrogens is 375 g/mol. The number of hydrazine groups is 1. The minimum atomic E-state index is -3.09. The van der Waals surface area contributed by atoms with Gasteiger partial charge in [-0.15, -0.1) is 0 Å². The second-order valence-electron chi connectivity index (χ2n) is 6.66. The maximum absolute atomic E-state index is 13.0. The van der Waals surface area contributed by atoms with Gasteiger partial charge in [0.05, 0.1) is 17.5 Å². The Balaban J connectivity index is 1.63. The summed E-state index contributed by atoms with van der Waals surface area (Å²) in [6.45, 7) is 0. The number of amides is 1. The van der Waals surface area contributed by atoms with E-state index in [9.17, 15) is 17.6 Å². The highest BCUT2D eigenvalue weighted by atomic mass is 32.2. The predicted molar refractivity (Wildman–Crippen MR) is 95.6 cm³/mol. The molecular formula is C17H21FN4O4S. The van der Waals surface area contributed by atoms with Crippen LogP contribution in [0.15, 0.2) is 28.8 Å². The van der Waals surface area contributed by atoms with Crippen LogP contribution in [-0.4, -0.2) is 66.1 Å². The highest BCUT2D eigenvalue weighted by molar-refractivity contribution is 7.91. The molecule has 1 fully saturated rings. The third-order valence-electron chi connectivity index (χ3n) is 4.36. The molecule has 1 aromatic heterocycles. The smallest absolute Gasteiger partial charge is 0.237 e. The van der Waals surface area contributed by atoms with Crippen molar-refractivity contribution in [2.45, 2.75) is 25.3 Å². The average molecular weight is 396 g/mol. The molecule has 2 aromatic rings. The van der Waals surface area contributed by atoms with Crippen molar-refractivity contribution in [3.8, 4) is 11.4 Å².